The van der Waals surface area contributed by atoms with E-state index < -0.39 is 34.0 Å². The van der Waals surface area contributed by atoms with Crippen LogP contribution in [0, 0.1) is 28.9 Å². The summed E-state index contributed by atoms with van der Waals surface area (Å²) in [5.74, 6) is 3.26. The number of anilines is 1. The number of hydrogen-bond donors (Lipinski definition) is 1. The number of carbonyl (C=O) groups excluding carboxylic acids is 1. The number of amides is 1. The van der Waals surface area contributed by atoms with E-state index in [1.807, 2.05) is 31.7 Å². The fraction of sp³-hybridized carbons (Fsp3) is 0.651. The van der Waals surface area contributed by atoms with Crippen LogP contribution in [0.5, 0.6) is 5.75 Å². The lowest BCUT2D eigenvalue weighted by atomic mass is 9.78. The quantitative estimate of drug-likeness (QED) is 0.140. The summed E-state index contributed by atoms with van der Waals surface area (Å²) >= 11 is 0. The number of likely N-dealkylation sites (tertiary alicyclic amines) is 1. The molecular weight excluding hydrogens is 752 g/mol. The molecule has 1 aromatic heterocycles. The van der Waals surface area contributed by atoms with Crippen LogP contribution in [-0.4, -0.2) is 101 Å². The number of methoxy groups -OCH3 is 1. The van der Waals surface area contributed by atoms with E-state index in [2.05, 4.69) is 31.2 Å². The molecule has 1 atom stereocenters. The van der Waals surface area contributed by atoms with Gasteiger partial charge in [0.05, 0.1) is 29.2 Å². The maximum atomic E-state index is 13.7. The molecule has 0 spiro atoms. The van der Waals surface area contributed by atoms with E-state index in [1.165, 1.54) is 18.9 Å². The van der Waals surface area contributed by atoms with Crippen LogP contribution in [0.15, 0.2) is 30.3 Å². The zero-order valence-electron chi connectivity index (χ0n) is 34.9. The molecule has 1 amide bonds. The first-order valence-electron chi connectivity index (χ1n) is 20.9. The number of aromatic nitrogens is 2. The van der Waals surface area contributed by atoms with E-state index in [-0.39, 0.29) is 17.6 Å². The number of hydrogen-bond acceptors (Lipinski definition) is 10. The van der Waals surface area contributed by atoms with Crippen molar-refractivity contribution in [3.8, 4) is 5.75 Å². The van der Waals surface area contributed by atoms with Crippen LogP contribution in [0.4, 0.5) is 29.5 Å². The Hall–Kier alpha value is -4.24. The Morgan fingerprint density at radius 3 is 2.22 bits per heavy atom. The highest BCUT2D eigenvalue weighted by Crippen LogP contribution is 2.43. The molecule has 58 heavy (non-hydrogen) atoms. The number of alkyl halides is 3. The number of ether oxygens (including phenoxy) is 2. The van der Waals surface area contributed by atoms with Gasteiger partial charge in [0.25, 0.3) is 5.69 Å². The lowest BCUT2D eigenvalue weighted by Crippen LogP contribution is -2.48. The molecule has 0 radical (unpaired) electrons. The van der Waals surface area contributed by atoms with Crippen molar-refractivity contribution in [3.05, 3.63) is 63.0 Å². The number of non-ortho nitro benzene ring substituents is 1. The van der Waals surface area contributed by atoms with Crippen LogP contribution < -0.4 is 10.1 Å². The zero-order valence-corrected chi connectivity index (χ0v) is 34.9. The maximum Gasteiger partial charge on any atom is 0.416 e. The van der Waals surface area contributed by atoms with E-state index in [0.29, 0.717) is 35.1 Å². The lowest BCUT2D eigenvalue weighted by molar-refractivity contribution is -0.385. The second-order valence-corrected chi connectivity index (χ2v) is 17.6. The number of piperidine rings is 1. The van der Waals surface area contributed by atoms with E-state index in [4.69, 9.17) is 9.47 Å². The number of carbonyl (C=O) groups is 1. The molecule has 2 saturated heterocycles. The smallest absolute Gasteiger partial charge is 0.416 e. The molecule has 2 aromatic carbocycles. The van der Waals surface area contributed by atoms with Crippen molar-refractivity contribution in [1.82, 2.24) is 24.7 Å². The Bertz CT molecular complexity index is 1900. The first-order valence-corrected chi connectivity index (χ1v) is 20.9. The SMILES string of the molecule is COc1cc2nc(C)nc(N[C@H](C)c3cc([N+](=O)[O-])cc(C(F)(F)F)c3)c2cc1C1CCC(CN2CCN(CCCC3CCN(C(=O)OC(C)(C)C)CC3)CC2)CC1. The molecule has 12 nitrogen and oxygen atoms in total. The van der Waals surface area contributed by atoms with Gasteiger partial charge in [0, 0.05) is 69.4 Å². The largest absolute Gasteiger partial charge is 0.496 e. The molecule has 1 N–H and O–H groups in total. The molecule has 3 heterocycles. The molecule has 2 aliphatic heterocycles. The predicted octanol–water partition coefficient (Wildman–Crippen LogP) is 9.37. The number of benzene rings is 2. The molecular formula is C43H60F3N7O5. The molecule has 0 bridgehead atoms. The van der Waals surface area contributed by atoms with Crippen LogP contribution >= 0.6 is 0 Å². The number of nitrogens with one attached hydrogen (secondary N) is 1. The minimum atomic E-state index is -4.73. The standard InChI is InChI=1S/C43H60F3N7O5/c1-28(33-22-34(43(44,45)46)24-35(23-33)53(55)56)47-40-37-25-36(39(57-6)26-38(37)48-29(2)49-40)32-11-9-31(10-12-32)27-51-20-18-50(19-21-51)15-7-8-30-13-16-52(17-14-30)41(54)58-42(3,4)5/h22-26,28,30-32H,7-21,27H2,1-6H3,(H,47,48,49)/t28-,31?,32?/m1/s1. The molecule has 1 aliphatic carbocycles. The molecule has 6 rings (SSSR count). The second kappa shape index (κ2) is 18.4. The summed E-state index contributed by atoms with van der Waals surface area (Å²) in [4.78, 5) is 39.5. The van der Waals surface area contributed by atoms with Gasteiger partial charge in [0.2, 0.25) is 0 Å². The summed E-state index contributed by atoms with van der Waals surface area (Å²) in [6.07, 6.45) is 3.85. The van der Waals surface area contributed by atoms with Crippen molar-refractivity contribution in [1.29, 1.82) is 0 Å². The van der Waals surface area contributed by atoms with Crippen LogP contribution in [-0.2, 0) is 10.9 Å². The Morgan fingerprint density at radius 1 is 0.931 bits per heavy atom. The average Bonchev–Trinajstić information content (AvgIpc) is 3.17. The number of halogens is 3. The highest BCUT2D eigenvalue weighted by atomic mass is 19.4. The minimum Gasteiger partial charge on any atom is -0.496 e. The Labute approximate surface area is 340 Å². The lowest BCUT2D eigenvalue weighted by Gasteiger charge is -2.38. The summed E-state index contributed by atoms with van der Waals surface area (Å²) in [6.45, 7) is 17.3. The van der Waals surface area contributed by atoms with Crippen molar-refractivity contribution in [2.45, 2.75) is 110 Å². The van der Waals surface area contributed by atoms with Crippen LogP contribution in [0.3, 0.4) is 0 Å². The first-order chi connectivity index (χ1) is 27.4. The Balaban J connectivity index is 0.996. The second-order valence-electron chi connectivity index (χ2n) is 17.6. The number of piperazine rings is 1. The van der Waals surface area contributed by atoms with Crippen molar-refractivity contribution in [2.75, 3.05) is 64.8 Å². The number of nitrogens with zero attached hydrogens (tertiary/aromatic N) is 6. The van der Waals surface area contributed by atoms with Gasteiger partial charge in [-0.3, -0.25) is 10.1 Å². The van der Waals surface area contributed by atoms with Gasteiger partial charge in [-0.15, -0.1) is 0 Å². The van der Waals surface area contributed by atoms with Crippen LogP contribution in [0.2, 0.25) is 0 Å². The number of nitro benzene ring substituents is 1. The summed E-state index contributed by atoms with van der Waals surface area (Å²) < 4.78 is 52.4. The summed E-state index contributed by atoms with van der Waals surface area (Å²) in [5, 5.41) is 15.5. The van der Waals surface area contributed by atoms with Gasteiger partial charge in [-0.05, 0) is 134 Å². The van der Waals surface area contributed by atoms with Gasteiger partial charge < -0.3 is 29.5 Å². The van der Waals surface area contributed by atoms with Gasteiger partial charge in [0.15, 0.2) is 0 Å². The average molecular weight is 812 g/mol. The van der Waals surface area contributed by atoms with Crippen molar-refractivity contribution in [2.24, 2.45) is 11.8 Å². The zero-order chi connectivity index (χ0) is 41.8. The third-order valence-electron chi connectivity index (χ3n) is 12.1. The Morgan fingerprint density at radius 2 is 1.60 bits per heavy atom. The number of nitro groups is 1. The maximum absolute atomic E-state index is 13.7. The molecule has 3 aliphatic rings. The fourth-order valence-electron chi connectivity index (χ4n) is 8.89. The third-order valence-corrected chi connectivity index (χ3v) is 12.1. The van der Waals surface area contributed by atoms with E-state index in [9.17, 15) is 28.1 Å². The van der Waals surface area contributed by atoms with Crippen molar-refractivity contribution >= 4 is 28.5 Å². The molecule has 1 saturated carbocycles. The molecule has 318 valence electrons. The molecule has 15 heteroatoms. The van der Waals surface area contributed by atoms with Gasteiger partial charge >= 0.3 is 12.3 Å². The first kappa shape index (κ1) is 43.3. The monoisotopic (exact) mass is 811 g/mol. The van der Waals surface area contributed by atoms with Gasteiger partial charge in [-0.1, -0.05) is 0 Å². The van der Waals surface area contributed by atoms with Crippen LogP contribution in [0.25, 0.3) is 10.9 Å². The minimum absolute atomic E-state index is 0.129. The van der Waals surface area contributed by atoms with E-state index >= 15 is 0 Å². The van der Waals surface area contributed by atoms with Crippen LogP contribution in [0.1, 0.15) is 114 Å². The number of fused-ring (bicyclic) bond motifs is 1. The predicted molar refractivity (Wildman–Crippen MR) is 218 cm³/mol. The highest BCUT2D eigenvalue weighted by Gasteiger charge is 2.34. The van der Waals surface area contributed by atoms with Crippen molar-refractivity contribution < 1.29 is 32.4 Å². The summed E-state index contributed by atoms with van der Waals surface area (Å²) in [5.41, 5.74) is -0.315. The highest BCUT2D eigenvalue weighted by molar-refractivity contribution is 5.91. The van der Waals surface area contributed by atoms with Gasteiger partial charge in [0.1, 0.15) is 23.0 Å². The molecule has 3 aromatic rings. The van der Waals surface area contributed by atoms with E-state index in [0.717, 1.165) is 114 Å². The van der Waals surface area contributed by atoms with Gasteiger partial charge in [-0.25, -0.2) is 14.8 Å². The van der Waals surface area contributed by atoms with Crippen molar-refractivity contribution in [3.63, 3.8) is 0 Å². The third kappa shape index (κ3) is 11.3. The van der Waals surface area contributed by atoms with E-state index in [1.54, 1.807) is 21.0 Å². The number of aryl methyl sites for hydroxylation is 1. The van der Waals surface area contributed by atoms with Gasteiger partial charge in [-0.2, -0.15) is 13.2 Å². The summed E-state index contributed by atoms with van der Waals surface area (Å²) in [7, 11) is 1.66. The molecule has 3 fully saturated rings. The summed E-state index contributed by atoms with van der Waals surface area (Å²) in [6, 6.07) is 5.90. The fourth-order valence-corrected chi connectivity index (χ4v) is 8.89. The number of rotatable bonds is 12. The Kier molecular flexibility index (Phi) is 13.7. The topological polar surface area (TPSA) is 126 Å². The normalized spacial score (nSPS) is 20.9. The molecule has 0 unspecified atom stereocenters.